The quantitative estimate of drug-likeness (QED) is 0.327. The van der Waals surface area contributed by atoms with Gasteiger partial charge >= 0.3 is 0 Å². The number of carbonyl (C=O) groups is 1. The van der Waals surface area contributed by atoms with Crippen molar-refractivity contribution in [1.82, 2.24) is 29.7 Å². The fraction of sp³-hybridized carbons (Fsp3) is 0.286. The number of anilines is 1. The topological polar surface area (TPSA) is 101 Å². The second-order valence-electron chi connectivity index (χ2n) is 9.30. The number of benzene rings is 1. The minimum absolute atomic E-state index is 0.0306. The molecule has 1 saturated heterocycles. The molecule has 1 fully saturated rings. The molecule has 1 aromatic carbocycles. The molecule has 4 aromatic heterocycles. The van der Waals surface area contributed by atoms with Gasteiger partial charge in [-0.2, -0.15) is 5.10 Å². The summed E-state index contributed by atoms with van der Waals surface area (Å²) < 4.78 is 25.6. The maximum Gasteiger partial charge on any atom is 0.256 e. The lowest BCUT2D eigenvalue weighted by molar-refractivity contribution is -0.142. The van der Waals surface area contributed by atoms with Crippen molar-refractivity contribution in [2.45, 2.75) is 6.10 Å². The standard InChI is InChI=1S/C28H28FN7O3/c1-38-26(19-5-3-2-4-6-19)28(37)35-12-10-34(11-13-35)24-8-7-20(16-30-24)22-15-21(39-14-9-29)18-36-25(22)23-17-31-32-27(23)33-36/h2-8,15-18,26H,9-14H2,1H3,(H,32,33). The van der Waals surface area contributed by atoms with Crippen LogP contribution in [0, 0.1) is 0 Å². The number of methoxy groups -OCH3 is 1. The number of aromatic amines is 1. The van der Waals surface area contributed by atoms with E-state index in [0.717, 1.165) is 33.4 Å². The van der Waals surface area contributed by atoms with Crippen LogP contribution in [0.1, 0.15) is 11.7 Å². The highest BCUT2D eigenvalue weighted by Gasteiger charge is 2.29. The number of ether oxygens (including phenoxy) is 2. The van der Waals surface area contributed by atoms with Gasteiger partial charge in [0.2, 0.25) is 0 Å². The van der Waals surface area contributed by atoms with Crippen molar-refractivity contribution in [3.63, 3.8) is 0 Å². The van der Waals surface area contributed by atoms with Crippen LogP contribution in [0.5, 0.6) is 5.75 Å². The molecule has 1 atom stereocenters. The zero-order valence-electron chi connectivity index (χ0n) is 21.5. The number of hydrogen-bond donors (Lipinski definition) is 1. The summed E-state index contributed by atoms with van der Waals surface area (Å²) in [5, 5.41) is 12.4. The molecule has 0 radical (unpaired) electrons. The van der Waals surface area contributed by atoms with Crippen molar-refractivity contribution in [1.29, 1.82) is 0 Å². The molecule has 1 N–H and O–H groups in total. The molecule has 39 heavy (non-hydrogen) atoms. The molecule has 1 unspecified atom stereocenters. The third-order valence-corrected chi connectivity index (χ3v) is 6.98. The summed E-state index contributed by atoms with van der Waals surface area (Å²) in [7, 11) is 1.56. The summed E-state index contributed by atoms with van der Waals surface area (Å²) >= 11 is 0. The summed E-state index contributed by atoms with van der Waals surface area (Å²) in [6.45, 7) is 1.88. The normalized spacial score (nSPS) is 14.7. The molecule has 11 heteroatoms. The smallest absolute Gasteiger partial charge is 0.256 e. The van der Waals surface area contributed by atoms with Crippen LogP contribution >= 0.6 is 0 Å². The monoisotopic (exact) mass is 529 g/mol. The number of aromatic nitrogens is 5. The Kier molecular flexibility index (Phi) is 6.80. The van der Waals surface area contributed by atoms with E-state index in [-0.39, 0.29) is 12.5 Å². The van der Waals surface area contributed by atoms with Gasteiger partial charge in [0.25, 0.3) is 5.91 Å². The molecule has 0 aliphatic carbocycles. The molecule has 1 amide bonds. The van der Waals surface area contributed by atoms with Crippen LogP contribution in [0.3, 0.4) is 0 Å². The van der Waals surface area contributed by atoms with Crippen LogP contribution in [0.25, 0.3) is 27.7 Å². The van der Waals surface area contributed by atoms with Gasteiger partial charge in [0, 0.05) is 50.6 Å². The molecule has 0 saturated carbocycles. The first-order valence-corrected chi connectivity index (χ1v) is 12.8. The van der Waals surface area contributed by atoms with Crippen molar-refractivity contribution in [2.24, 2.45) is 0 Å². The van der Waals surface area contributed by atoms with Gasteiger partial charge in [-0.3, -0.25) is 9.89 Å². The van der Waals surface area contributed by atoms with Crippen LogP contribution in [0.4, 0.5) is 10.2 Å². The molecule has 1 aliphatic heterocycles. The summed E-state index contributed by atoms with van der Waals surface area (Å²) in [5.41, 5.74) is 4.09. The number of halogens is 1. The highest BCUT2D eigenvalue weighted by atomic mass is 19.1. The number of carbonyl (C=O) groups excluding carboxylic acids is 1. The number of pyridine rings is 2. The molecule has 200 valence electrons. The van der Waals surface area contributed by atoms with Gasteiger partial charge in [-0.05, 0) is 23.8 Å². The predicted octanol–water partition coefficient (Wildman–Crippen LogP) is 3.66. The molecule has 0 spiro atoms. The number of H-pyrrole nitrogens is 1. The Balaban J connectivity index is 1.20. The first-order valence-electron chi connectivity index (χ1n) is 12.8. The maximum atomic E-state index is 13.1. The zero-order valence-corrected chi connectivity index (χ0v) is 21.5. The Bertz CT molecular complexity index is 1580. The number of piperazine rings is 1. The second-order valence-corrected chi connectivity index (χ2v) is 9.30. The van der Waals surface area contributed by atoms with E-state index in [1.165, 1.54) is 0 Å². The maximum absolute atomic E-state index is 13.1. The van der Waals surface area contributed by atoms with Gasteiger partial charge in [-0.25, -0.2) is 13.9 Å². The van der Waals surface area contributed by atoms with Crippen molar-refractivity contribution in [2.75, 3.05) is 51.5 Å². The molecule has 5 heterocycles. The third-order valence-electron chi connectivity index (χ3n) is 6.98. The second kappa shape index (κ2) is 10.7. The Morgan fingerprint density at radius 2 is 1.92 bits per heavy atom. The zero-order chi connectivity index (χ0) is 26.8. The van der Waals surface area contributed by atoms with Crippen LogP contribution in [0.15, 0.2) is 67.1 Å². The van der Waals surface area contributed by atoms with Crippen molar-refractivity contribution in [3.8, 4) is 16.9 Å². The Morgan fingerprint density at radius 3 is 2.64 bits per heavy atom. The molecule has 10 nitrogen and oxygen atoms in total. The Hall–Kier alpha value is -4.51. The SMILES string of the molecule is COC(C(=O)N1CCN(c2ccc(-c3cc(OCCF)cn4nc5[nH]ncc5c34)cn2)CC1)c1ccccc1. The van der Waals surface area contributed by atoms with Gasteiger partial charge in [0.15, 0.2) is 11.8 Å². The van der Waals surface area contributed by atoms with E-state index in [2.05, 4.69) is 20.2 Å². The minimum Gasteiger partial charge on any atom is -0.489 e. The van der Waals surface area contributed by atoms with Gasteiger partial charge < -0.3 is 19.3 Å². The average molecular weight is 530 g/mol. The molecule has 5 aromatic rings. The highest BCUT2D eigenvalue weighted by molar-refractivity contribution is 6.00. The predicted molar refractivity (Wildman–Crippen MR) is 145 cm³/mol. The van der Waals surface area contributed by atoms with E-state index in [0.29, 0.717) is 37.6 Å². The number of hydrogen-bond acceptors (Lipinski definition) is 7. The fourth-order valence-corrected chi connectivity index (χ4v) is 5.06. The van der Waals surface area contributed by atoms with Crippen molar-refractivity contribution in [3.05, 3.63) is 72.7 Å². The number of rotatable bonds is 8. The lowest BCUT2D eigenvalue weighted by Gasteiger charge is -2.36. The summed E-state index contributed by atoms with van der Waals surface area (Å²) in [4.78, 5) is 21.9. The third kappa shape index (κ3) is 4.76. The van der Waals surface area contributed by atoms with E-state index >= 15 is 0 Å². The summed E-state index contributed by atoms with van der Waals surface area (Å²) in [6.07, 6.45) is 4.67. The lowest BCUT2D eigenvalue weighted by Crippen LogP contribution is -2.50. The van der Waals surface area contributed by atoms with Crippen molar-refractivity contribution >= 4 is 28.3 Å². The lowest BCUT2D eigenvalue weighted by atomic mass is 10.1. The van der Waals surface area contributed by atoms with E-state index in [4.69, 9.17) is 14.5 Å². The Morgan fingerprint density at radius 1 is 1.10 bits per heavy atom. The van der Waals surface area contributed by atoms with Crippen molar-refractivity contribution < 1.29 is 18.7 Å². The largest absolute Gasteiger partial charge is 0.489 e. The Labute approximate surface area is 224 Å². The fourth-order valence-electron chi connectivity index (χ4n) is 5.06. The summed E-state index contributed by atoms with van der Waals surface area (Å²) in [5.74, 6) is 1.32. The van der Waals surface area contributed by atoms with Gasteiger partial charge in [-0.15, -0.1) is 5.10 Å². The first-order chi connectivity index (χ1) is 19.2. The molecule has 1 aliphatic rings. The molecule has 0 bridgehead atoms. The van der Waals surface area contributed by atoms with E-state index < -0.39 is 12.8 Å². The van der Waals surface area contributed by atoms with Gasteiger partial charge in [-0.1, -0.05) is 30.3 Å². The molecule has 6 rings (SSSR count). The van der Waals surface area contributed by atoms with Crippen LogP contribution in [0.2, 0.25) is 0 Å². The molecular formula is C28H28FN7O3. The highest BCUT2D eigenvalue weighted by Crippen LogP contribution is 2.33. The minimum atomic E-state index is -0.609. The van der Waals surface area contributed by atoms with Crippen LogP contribution in [-0.2, 0) is 9.53 Å². The number of nitrogens with zero attached hydrogens (tertiary/aromatic N) is 6. The first kappa shape index (κ1) is 24.8. The number of amides is 1. The van der Waals surface area contributed by atoms with Crippen LogP contribution < -0.4 is 9.64 Å². The van der Waals surface area contributed by atoms with Gasteiger partial charge in [0.1, 0.15) is 24.8 Å². The van der Waals surface area contributed by atoms with Crippen LogP contribution in [-0.4, -0.2) is 82.2 Å². The number of alkyl halides is 1. The summed E-state index contributed by atoms with van der Waals surface area (Å²) in [6, 6.07) is 15.4. The number of fused-ring (bicyclic) bond motifs is 3. The van der Waals surface area contributed by atoms with E-state index in [1.54, 1.807) is 24.0 Å². The number of nitrogens with one attached hydrogen (secondary N) is 1. The van der Waals surface area contributed by atoms with Gasteiger partial charge in [0.05, 0.1) is 23.3 Å². The van der Waals surface area contributed by atoms with E-state index in [1.807, 2.05) is 59.6 Å². The average Bonchev–Trinajstić information content (AvgIpc) is 3.58. The molecular weight excluding hydrogens is 501 g/mol. The van der Waals surface area contributed by atoms with E-state index in [9.17, 15) is 9.18 Å².